The van der Waals surface area contributed by atoms with E-state index < -0.39 is 11.7 Å². The molecule has 21 heavy (non-hydrogen) atoms. The van der Waals surface area contributed by atoms with Crippen LogP contribution in [0.25, 0.3) is 11.4 Å². The highest BCUT2D eigenvalue weighted by Gasteiger charge is 2.30. The fourth-order valence-corrected chi connectivity index (χ4v) is 2.21. The van der Waals surface area contributed by atoms with E-state index in [0.29, 0.717) is 17.3 Å². The smallest absolute Gasteiger partial charge is 0.337 e. The quantitative estimate of drug-likeness (QED) is 0.889. The maximum atomic E-state index is 12.5. The number of nitrogens with one attached hydrogen (secondary N) is 2. The van der Waals surface area contributed by atoms with E-state index in [-0.39, 0.29) is 0 Å². The third kappa shape index (κ3) is 2.99. The summed E-state index contributed by atoms with van der Waals surface area (Å²) < 4.78 is 37.6. The van der Waals surface area contributed by atoms with Gasteiger partial charge in [0.25, 0.3) is 0 Å². The first-order chi connectivity index (χ1) is 10.0. The molecule has 8 heteroatoms. The van der Waals surface area contributed by atoms with Crippen molar-refractivity contribution < 1.29 is 13.2 Å². The average molecular weight is 297 g/mol. The Hall–Kier alpha value is -2.09. The molecule has 1 aromatic heterocycles. The molecule has 0 amide bonds. The summed E-state index contributed by atoms with van der Waals surface area (Å²) in [5.41, 5.74) is -0.0926. The van der Waals surface area contributed by atoms with Gasteiger partial charge in [-0.25, -0.2) is 0 Å². The molecule has 1 fully saturated rings. The van der Waals surface area contributed by atoms with Gasteiger partial charge in [0.05, 0.1) is 5.56 Å². The van der Waals surface area contributed by atoms with Crippen molar-refractivity contribution in [3.05, 3.63) is 29.8 Å². The summed E-state index contributed by atoms with van der Waals surface area (Å²) in [5, 5.41) is 10.1. The van der Waals surface area contributed by atoms with Crippen molar-refractivity contribution in [1.82, 2.24) is 20.5 Å². The van der Waals surface area contributed by atoms with Crippen molar-refractivity contribution in [2.75, 3.05) is 31.1 Å². The first-order valence-corrected chi connectivity index (χ1v) is 6.60. The molecule has 1 aliphatic rings. The number of halogens is 3. The molecule has 5 nitrogen and oxygen atoms in total. The number of nitrogens with zero attached hydrogens (tertiary/aromatic N) is 3. The molecule has 0 atom stereocenters. The van der Waals surface area contributed by atoms with E-state index in [1.54, 1.807) is 0 Å². The Bertz CT molecular complexity index is 599. The third-order valence-electron chi connectivity index (χ3n) is 3.36. The van der Waals surface area contributed by atoms with Gasteiger partial charge in [-0.2, -0.15) is 18.2 Å². The summed E-state index contributed by atoms with van der Waals surface area (Å²) in [6.07, 6.45) is -4.33. The highest BCUT2D eigenvalue weighted by molar-refractivity contribution is 5.57. The lowest BCUT2D eigenvalue weighted by molar-refractivity contribution is -0.137. The highest BCUT2D eigenvalue weighted by atomic mass is 19.4. The first kappa shape index (κ1) is 13.9. The van der Waals surface area contributed by atoms with Crippen molar-refractivity contribution in [2.24, 2.45) is 0 Å². The number of piperazine rings is 1. The number of aromatic amines is 1. The van der Waals surface area contributed by atoms with Crippen molar-refractivity contribution in [1.29, 1.82) is 0 Å². The molecule has 2 heterocycles. The van der Waals surface area contributed by atoms with E-state index in [1.165, 1.54) is 12.1 Å². The van der Waals surface area contributed by atoms with E-state index in [1.807, 2.05) is 4.90 Å². The summed E-state index contributed by atoms with van der Waals surface area (Å²) in [6, 6.07) is 4.88. The van der Waals surface area contributed by atoms with Gasteiger partial charge in [0.1, 0.15) is 0 Å². The van der Waals surface area contributed by atoms with E-state index in [2.05, 4.69) is 20.5 Å². The van der Waals surface area contributed by atoms with Crippen LogP contribution in [0.1, 0.15) is 5.56 Å². The Morgan fingerprint density at radius 1 is 1.05 bits per heavy atom. The van der Waals surface area contributed by atoms with Crippen LogP contribution in [0.15, 0.2) is 24.3 Å². The van der Waals surface area contributed by atoms with Crippen molar-refractivity contribution in [2.45, 2.75) is 6.18 Å². The van der Waals surface area contributed by atoms with Gasteiger partial charge in [0.15, 0.2) is 5.82 Å². The van der Waals surface area contributed by atoms with Crippen LogP contribution in [-0.4, -0.2) is 41.4 Å². The summed E-state index contributed by atoms with van der Waals surface area (Å²) >= 11 is 0. The van der Waals surface area contributed by atoms with Gasteiger partial charge < -0.3 is 10.2 Å². The van der Waals surface area contributed by atoms with Crippen molar-refractivity contribution in [3.8, 4) is 11.4 Å². The van der Waals surface area contributed by atoms with E-state index in [0.717, 1.165) is 38.3 Å². The summed E-state index contributed by atoms with van der Waals surface area (Å²) in [6.45, 7) is 3.35. The van der Waals surface area contributed by atoms with Crippen LogP contribution in [-0.2, 0) is 6.18 Å². The highest BCUT2D eigenvalue weighted by Crippen LogP contribution is 2.30. The fourth-order valence-electron chi connectivity index (χ4n) is 2.21. The number of alkyl halides is 3. The fraction of sp³-hybridized carbons (Fsp3) is 0.385. The molecule has 112 valence electrons. The second-order valence-electron chi connectivity index (χ2n) is 4.80. The minimum absolute atomic E-state index is 0.470. The molecule has 0 radical (unpaired) electrons. The molecule has 1 aromatic carbocycles. The zero-order valence-corrected chi connectivity index (χ0v) is 11.1. The molecule has 0 unspecified atom stereocenters. The van der Waals surface area contributed by atoms with Crippen molar-refractivity contribution in [3.63, 3.8) is 0 Å². The normalized spacial score (nSPS) is 16.2. The SMILES string of the molecule is FC(F)(F)c1ccc(-c2nc(N3CCNCC3)n[nH]2)cc1. The average Bonchev–Trinajstić information content (AvgIpc) is 2.97. The Kier molecular flexibility index (Phi) is 3.54. The lowest BCUT2D eigenvalue weighted by atomic mass is 10.1. The molecule has 1 saturated heterocycles. The number of H-pyrrole nitrogens is 1. The van der Waals surface area contributed by atoms with Gasteiger partial charge in [-0.3, -0.25) is 5.10 Å². The molecule has 0 spiro atoms. The molecule has 2 aromatic rings. The van der Waals surface area contributed by atoms with Crippen LogP contribution in [0, 0.1) is 0 Å². The summed E-state index contributed by atoms with van der Waals surface area (Å²) in [4.78, 5) is 6.37. The molecular formula is C13H14F3N5. The molecule has 3 rings (SSSR count). The summed E-state index contributed by atoms with van der Waals surface area (Å²) in [7, 11) is 0. The van der Waals surface area contributed by atoms with Gasteiger partial charge in [-0.1, -0.05) is 12.1 Å². The predicted molar refractivity (Wildman–Crippen MR) is 71.9 cm³/mol. The second kappa shape index (κ2) is 5.36. The number of rotatable bonds is 2. The topological polar surface area (TPSA) is 56.8 Å². The zero-order chi connectivity index (χ0) is 14.9. The van der Waals surface area contributed by atoms with Crippen LogP contribution in [0.2, 0.25) is 0 Å². The van der Waals surface area contributed by atoms with Gasteiger partial charge in [0.2, 0.25) is 5.95 Å². The lowest BCUT2D eigenvalue weighted by Crippen LogP contribution is -2.44. The second-order valence-corrected chi connectivity index (χ2v) is 4.80. The Labute approximate surface area is 119 Å². The van der Waals surface area contributed by atoms with Crippen molar-refractivity contribution >= 4 is 5.95 Å². The van der Waals surface area contributed by atoms with Crippen LogP contribution in [0.3, 0.4) is 0 Å². The van der Waals surface area contributed by atoms with Gasteiger partial charge in [-0.15, -0.1) is 5.10 Å². The number of hydrogen-bond acceptors (Lipinski definition) is 4. The van der Waals surface area contributed by atoms with Crippen LogP contribution in [0.4, 0.5) is 19.1 Å². The van der Waals surface area contributed by atoms with E-state index >= 15 is 0 Å². The molecule has 0 bridgehead atoms. The van der Waals surface area contributed by atoms with Gasteiger partial charge in [-0.05, 0) is 12.1 Å². The summed E-state index contributed by atoms with van der Waals surface area (Å²) in [5.74, 6) is 1.05. The maximum absolute atomic E-state index is 12.5. The standard InChI is InChI=1S/C13H14F3N5/c14-13(15,16)10-3-1-9(2-4-10)11-18-12(20-19-11)21-7-5-17-6-8-21/h1-4,17H,5-8H2,(H,18,19,20). The predicted octanol–water partition coefficient (Wildman–Crippen LogP) is 1.90. The zero-order valence-electron chi connectivity index (χ0n) is 11.1. The molecule has 2 N–H and O–H groups in total. The Morgan fingerprint density at radius 2 is 1.71 bits per heavy atom. The van der Waals surface area contributed by atoms with Gasteiger partial charge >= 0.3 is 6.18 Å². The minimum Gasteiger partial charge on any atom is -0.337 e. The number of aromatic nitrogens is 3. The number of hydrogen-bond donors (Lipinski definition) is 2. The molecule has 1 aliphatic heterocycles. The first-order valence-electron chi connectivity index (χ1n) is 6.60. The Balaban J connectivity index is 1.79. The maximum Gasteiger partial charge on any atom is 0.416 e. The molecule has 0 aliphatic carbocycles. The number of anilines is 1. The van der Waals surface area contributed by atoms with Gasteiger partial charge in [0, 0.05) is 31.7 Å². The van der Waals surface area contributed by atoms with Crippen LogP contribution in [0.5, 0.6) is 0 Å². The monoisotopic (exact) mass is 297 g/mol. The minimum atomic E-state index is -4.33. The van der Waals surface area contributed by atoms with E-state index in [9.17, 15) is 13.2 Å². The molecular weight excluding hydrogens is 283 g/mol. The van der Waals surface area contributed by atoms with Crippen LogP contribution >= 0.6 is 0 Å². The number of benzene rings is 1. The third-order valence-corrected chi connectivity index (χ3v) is 3.36. The largest absolute Gasteiger partial charge is 0.416 e. The lowest BCUT2D eigenvalue weighted by Gasteiger charge is -2.25. The molecule has 0 saturated carbocycles. The van der Waals surface area contributed by atoms with Crippen LogP contribution < -0.4 is 10.2 Å². The van der Waals surface area contributed by atoms with E-state index in [4.69, 9.17) is 0 Å². The Morgan fingerprint density at radius 3 is 2.33 bits per heavy atom.